The third-order valence-electron chi connectivity index (χ3n) is 7.71. The van der Waals surface area contributed by atoms with Crippen molar-refractivity contribution < 1.29 is 23.5 Å². The van der Waals surface area contributed by atoms with Gasteiger partial charge in [0.2, 0.25) is 0 Å². The molecule has 2 unspecified atom stereocenters. The van der Waals surface area contributed by atoms with Gasteiger partial charge in [0, 0.05) is 50.7 Å². The van der Waals surface area contributed by atoms with E-state index < -0.39 is 34.1 Å². The number of hydrogen-bond donors (Lipinski definition) is 5. The standard InChI is InChI=1S/C28H30N6O5S/c35-25(21-9-7-19(8-10-21)16-34-12-13-40(38,39)23-6-2-1-5-22(23)34)30-24-17-33(15-20-4-3-11-29-14-20)18-28(24)26(36)31-27(37)32-28/h1-11,14,24,38-39H,12-13,15-18H2,(H,30,35)(H2,31,32,36,37). The van der Waals surface area contributed by atoms with Crippen molar-refractivity contribution in [1.82, 2.24) is 25.8 Å². The van der Waals surface area contributed by atoms with Crippen LogP contribution in [0, 0.1) is 0 Å². The topological polar surface area (TPSA) is 147 Å². The number of imide groups is 1. The highest BCUT2D eigenvalue weighted by atomic mass is 32.3. The van der Waals surface area contributed by atoms with Gasteiger partial charge in [-0.3, -0.25) is 33.9 Å². The number of fused-ring (bicyclic) bond motifs is 1. The van der Waals surface area contributed by atoms with Crippen LogP contribution in [0.15, 0.2) is 78.0 Å². The van der Waals surface area contributed by atoms with Crippen LogP contribution in [-0.4, -0.2) is 73.8 Å². The van der Waals surface area contributed by atoms with Crippen LogP contribution in [0.1, 0.15) is 21.5 Å². The average molecular weight is 563 g/mol. The molecule has 0 bridgehead atoms. The predicted octanol–water partition coefficient (Wildman–Crippen LogP) is 2.40. The van der Waals surface area contributed by atoms with Crippen molar-refractivity contribution in [3.8, 4) is 0 Å². The molecule has 2 saturated heterocycles. The molecule has 6 rings (SSSR count). The molecule has 3 aliphatic heterocycles. The zero-order chi connectivity index (χ0) is 27.9. The fraction of sp³-hybridized carbons (Fsp3) is 0.286. The smallest absolute Gasteiger partial charge is 0.322 e. The number of carbonyl (C=O) groups is 3. The number of carbonyl (C=O) groups excluding carboxylic acids is 3. The van der Waals surface area contributed by atoms with E-state index in [1.807, 2.05) is 41.3 Å². The fourth-order valence-electron chi connectivity index (χ4n) is 5.69. The molecule has 0 aliphatic carbocycles. The van der Waals surface area contributed by atoms with Gasteiger partial charge in [-0.25, -0.2) is 4.79 Å². The molecule has 4 heterocycles. The highest BCUT2D eigenvalue weighted by Crippen LogP contribution is 2.55. The van der Waals surface area contributed by atoms with E-state index in [9.17, 15) is 23.5 Å². The molecule has 12 heteroatoms. The quantitative estimate of drug-likeness (QED) is 0.288. The van der Waals surface area contributed by atoms with Crippen LogP contribution in [-0.2, 0) is 17.9 Å². The van der Waals surface area contributed by atoms with Crippen LogP contribution < -0.4 is 20.9 Å². The fourth-order valence-corrected chi connectivity index (χ4v) is 7.22. The van der Waals surface area contributed by atoms with Gasteiger partial charge in [0.1, 0.15) is 0 Å². The van der Waals surface area contributed by atoms with Gasteiger partial charge in [-0.1, -0.05) is 30.3 Å². The molecule has 2 fully saturated rings. The Labute approximate surface area is 232 Å². The third kappa shape index (κ3) is 4.90. The second kappa shape index (κ2) is 10.2. The summed E-state index contributed by atoms with van der Waals surface area (Å²) in [5.74, 6) is -0.522. The summed E-state index contributed by atoms with van der Waals surface area (Å²) in [6.07, 6.45) is 3.44. The zero-order valence-electron chi connectivity index (χ0n) is 21.6. The normalized spacial score (nSPS) is 24.4. The highest BCUT2D eigenvalue weighted by Gasteiger charge is 2.57. The first-order chi connectivity index (χ1) is 19.2. The Morgan fingerprint density at radius 1 is 1.05 bits per heavy atom. The van der Waals surface area contributed by atoms with Gasteiger partial charge in [-0.2, -0.15) is 10.6 Å². The van der Waals surface area contributed by atoms with Crippen LogP contribution in [0.2, 0.25) is 0 Å². The summed E-state index contributed by atoms with van der Waals surface area (Å²) in [6, 6.07) is 17.1. The first kappa shape index (κ1) is 26.3. The van der Waals surface area contributed by atoms with Crippen molar-refractivity contribution in [2.45, 2.75) is 29.6 Å². The molecule has 0 saturated carbocycles. The molecule has 0 radical (unpaired) electrons. The van der Waals surface area contributed by atoms with Crippen molar-refractivity contribution in [3.63, 3.8) is 0 Å². The molecule has 2 atom stereocenters. The number of anilines is 1. The Kier molecular flexibility index (Phi) is 6.70. The number of para-hydroxylation sites is 1. The molecule has 208 valence electrons. The van der Waals surface area contributed by atoms with Gasteiger partial charge in [0.15, 0.2) is 5.54 Å². The summed E-state index contributed by atoms with van der Waals surface area (Å²) in [7, 11) is -2.79. The van der Waals surface area contributed by atoms with Gasteiger partial charge < -0.3 is 15.5 Å². The third-order valence-corrected chi connectivity index (χ3v) is 9.51. The van der Waals surface area contributed by atoms with Crippen molar-refractivity contribution >= 4 is 34.1 Å². The van der Waals surface area contributed by atoms with E-state index in [0.29, 0.717) is 36.6 Å². The van der Waals surface area contributed by atoms with E-state index in [4.69, 9.17) is 0 Å². The van der Waals surface area contributed by atoms with Gasteiger partial charge in [0.05, 0.1) is 22.4 Å². The van der Waals surface area contributed by atoms with Crippen LogP contribution in [0.3, 0.4) is 0 Å². The van der Waals surface area contributed by atoms with Gasteiger partial charge >= 0.3 is 6.03 Å². The summed E-state index contributed by atoms with van der Waals surface area (Å²) in [5.41, 5.74) is 1.91. The van der Waals surface area contributed by atoms with Gasteiger partial charge in [-0.05, 0) is 41.5 Å². The average Bonchev–Trinajstić information content (AvgIpc) is 3.43. The summed E-state index contributed by atoms with van der Waals surface area (Å²) >= 11 is 0. The largest absolute Gasteiger partial charge is 0.364 e. The lowest BCUT2D eigenvalue weighted by Gasteiger charge is -2.43. The predicted molar refractivity (Wildman–Crippen MR) is 150 cm³/mol. The van der Waals surface area contributed by atoms with Crippen LogP contribution in [0.25, 0.3) is 0 Å². The molecule has 40 heavy (non-hydrogen) atoms. The minimum Gasteiger partial charge on any atom is -0.364 e. The summed E-state index contributed by atoms with van der Waals surface area (Å²) < 4.78 is 20.9. The van der Waals surface area contributed by atoms with Gasteiger partial charge in [0.25, 0.3) is 11.8 Å². The summed E-state index contributed by atoms with van der Waals surface area (Å²) in [4.78, 5) is 47.1. The molecule has 4 amide bonds. The SMILES string of the molecule is O=C1NC(=O)C2(CN(Cc3cccnc3)CC2NC(=O)c2ccc(CN3CCS(O)(O)c4ccccc43)cc2)N1. The van der Waals surface area contributed by atoms with Crippen molar-refractivity contribution in [3.05, 3.63) is 89.7 Å². The minimum atomic E-state index is -2.79. The number of rotatable bonds is 6. The number of pyridine rings is 1. The van der Waals surface area contributed by atoms with E-state index in [1.54, 1.807) is 36.7 Å². The maximum absolute atomic E-state index is 13.3. The van der Waals surface area contributed by atoms with Crippen molar-refractivity contribution in [2.75, 3.05) is 30.3 Å². The number of likely N-dealkylation sites (tertiary alicyclic amines) is 1. The number of amides is 4. The number of benzene rings is 2. The minimum absolute atomic E-state index is 0.255. The molecule has 5 N–H and O–H groups in total. The number of aromatic nitrogens is 1. The number of nitrogens with zero attached hydrogens (tertiary/aromatic N) is 3. The lowest BCUT2D eigenvalue weighted by Crippen LogP contribution is -2.62. The van der Waals surface area contributed by atoms with Crippen LogP contribution >= 0.6 is 10.6 Å². The summed E-state index contributed by atoms with van der Waals surface area (Å²) in [6.45, 7) is 2.21. The molecular weight excluding hydrogens is 532 g/mol. The maximum Gasteiger partial charge on any atom is 0.322 e. The Hall–Kier alpha value is -3.97. The second-order valence-electron chi connectivity index (χ2n) is 10.4. The monoisotopic (exact) mass is 562 g/mol. The molecule has 11 nitrogen and oxygen atoms in total. The molecule has 2 aromatic carbocycles. The first-order valence-corrected chi connectivity index (χ1v) is 14.7. The van der Waals surface area contributed by atoms with Crippen molar-refractivity contribution in [2.24, 2.45) is 0 Å². The summed E-state index contributed by atoms with van der Waals surface area (Å²) in [5, 5.41) is 8.06. The Bertz CT molecular complexity index is 1450. The molecule has 1 spiro atoms. The Morgan fingerprint density at radius 2 is 1.85 bits per heavy atom. The van der Waals surface area contributed by atoms with Crippen LogP contribution in [0.4, 0.5) is 10.5 Å². The van der Waals surface area contributed by atoms with E-state index in [1.165, 1.54) is 0 Å². The zero-order valence-corrected chi connectivity index (χ0v) is 22.4. The lowest BCUT2D eigenvalue weighted by atomic mass is 9.93. The van der Waals surface area contributed by atoms with Gasteiger partial charge in [-0.15, -0.1) is 0 Å². The van der Waals surface area contributed by atoms with E-state index >= 15 is 0 Å². The van der Waals surface area contributed by atoms with Crippen LogP contribution in [0.5, 0.6) is 0 Å². The van der Waals surface area contributed by atoms with E-state index in [-0.39, 0.29) is 18.2 Å². The Balaban J connectivity index is 1.15. The van der Waals surface area contributed by atoms with E-state index in [0.717, 1.165) is 16.8 Å². The second-order valence-corrected chi connectivity index (χ2v) is 12.6. The number of nitrogens with one attached hydrogen (secondary N) is 3. The number of urea groups is 1. The van der Waals surface area contributed by atoms with E-state index in [2.05, 4.69) is 25.8 Å². The molecular formula is C28H30N6O5S. The molecule has 1 aromatic heterocycles. The lowest BCUT2D eigenvalue weighted by molar-refractivity contribution is -0.124. The Morgan fingerprint density at radius 3 is 2.58 bits per heavy atom. The molecule has 3 aromatic rings. The number of hydrogen-bond acceptors (Lipinski definition) is 8. The highest BCUT2D eigenvalue weighted by molar-refractivity contribution is 8.24. The maximum atomic E-state index is 13.3. The first-order valence-electron chi connectivity index (χ1n) is 13.0. The van der Waals surface area contributed by atoms with Crippen molar-refractivity contribution in [1.29, 1.82) is 0 Å². The molecule has 3 aliphatic rings.